The molecule has 0 radical (unpaired) electrons. The number of aliphatic carboxylic acids is 1. The predicted octanol–water partition coefficient (Wildman–Crippen LogP) is 1.31. The van der Waals surface area contributed by atoms with E-state index in [-0.39, 0.29) is 30.0 Å². The Kier molecular flexibility index (Phi) is 5.17. The number of methoxy groups -OCH3 is 1. The van der Waals surface area contributed by atoms with Crippen LogP contribution in [-0.2, 0) is 9.53 Å². The molecule has 1 saturated heterocycles. The average molecular weight is 272 g/mol. The molecular formula is C13H24N2O4. The summed E-state index contributed by atoms with van der Waals surface area (Å²) in [6.07, 6.45) is 0.832. The van der Waals surface area contributed by atoms with E-state index in [0.717, 1.165) is 6.42 Å². The van der Waals surface area contributed by atoms with Crippen LogP contribution in [0.15, 0.2) is 0 Å². The third kappa shape index (κ3) is 4.70. The quantitative estimate of drug-likeness (QED) is 0.808. The number of amides is 2. The van der Waals surface area contributed by atoms with E-state index in [1.165, 1.54) is 0 Å². The first-order chi connectivity index (χ1) is 8.74. The first-order valence-corrected chi connectivity index (χ1v) is 6.54. The zero-order valence-corrected chi connectivity index (χ0v) is 12.1. The topological polar surface area (TPSA) is 78.9 Å². The molecule has 6 heteroatoms. The molecule has 0 aromatic carbocycles. The van der Waals surface area contributed by atoms with Crippen LogP contribution in [0, 0.1) is 5.41 Å². The summed E-state index contributed by atoms with van der Waals surface area (Å²) >= 11 is 0. The van der Waals surface area contributed by atoms with Crippen molar-refractivity contribution >= 4 is 12.0 Å². The molecule has 2 unspecified atom stereocenters. The van der Waals surface area contributed by atoms with Gasteiger partial charge in [0.1, 0.15) is 0 Å². The van der Waals surface area contributed by atoms with Gasteiger partial charge in [-0.25, -0.2) is 4.79 Å². The normalized spacial score (nSPS) is 21.3. The van der Waals surface area contributed by atoms with Crippen molar-refractivity contribution in [3.8, 4) is 0 Å². The van der Waals surface area contributed by atoms with E-state index < -0.39 is 5.97 Å². The third-order valence-electron chi connectivity index (χ3n) is 3.49. The molecule has 2 amide bonds. The molecule has 0 saturated carbocycles. The molecular weight excluding hydrogens is 248 g/mol. The van der Waals surface area contributed by atoms with Crippen molar-refractivity contribution in [2.75, 3.05) is 20.2 Å². The number of hydrogen-bond donors (Lipinski definition) is 2. The summed E-state index contributed by atoms with van der Waals surface area (Å²) in [6.45, 7) is 6.97. The van der Waals surface area contributed by atoms with Gasteiger partial charge >= 0.3 is 12.0 Å². The average Bonchev–Trinajstić information content (AvgIpc) is 2.74. The van der Waals surface area contributed by atoms with Crippen LogP contribution in [-0.4, -0.2) is 54.4 Å². The lowest BCUT2D eigenvalue weighted by Crippen LogP contribution is -2.50. The molecule has 19 heavy (non-hydrogen) atoms. The molecule has 0 aromatic rings. The smallest absolute Gasteiger partial charge is 0.317 e. The van der Waals surface area contributed by atoms with Gasteiger partial charge in [-0.05, 0) is 11.8 Å². The zero-order chi connectivity index (χ0) is 14.6. The van der Waals surface area contributed by atoms with Crippen molar-refractivity contribution in [1.29, 1.82) is 0 Å². The second-order valence-corrected chi connectivity index (χ2v) is 6.06. The minimum atomic E-state index is -0.906. The van der Waals surface area contributed by atoms with Crippen LogP contribution < -0.4 is 5.32 Å². The molecule has 6 nitrogen and oxygen atoms in total. The van der Waals surface area contributed by atoms with E-state index in [9.17, 15) is 9.59 Å². The number of nitrogens with one attached hydrogen (secondary N) is 1. The lowest BCUT2D eigenvalue weighted by Gasteiger charge is -2.32. The second-order valence-electron chi connectivity index (χ2n) is 6.06. The van der Waals surface area contributed by atoms with Gasteiger partial charge in [0.2, 0.25) is 0 Å². The molecule has 1 fully saturated rings. The van der Waals surface area contributed by atoms with Crippen molar-refractivity contribution in [2.45, 2.75) is 45.8 Å². The van der Waals surface area contributed by atoms with Gasteiger partial charge in [-0.15, -0.1) is 0 Å². The van der Waals surface area contributed by atoms with Crippen LogP contribution in [0.5, 0.6) is 0 Å². The van der Waals surface area contributed by atoms with Gasteiger partial charge in [-0.1, -0.05) is 20.8 Å². The first-order valence-electron chi connectivity index (χ1n) is 6.54. The Balaban J connectivity index is 2.59. The molecule has 1 rings (SSSR count). The molecule has 0 aliphatic carbocycles. The highest BCUT2D eigenvalue weighted by molar-refractivity contribution is 5.76. The number of carbonyl (C=O) groups is 2. The number of rotatable bonds is 4. The summed E-state index contributed by atoms with van der Waals surface area (Å²) in [5, 5.41) is 11.7. The molecule has 0 aromatic heterocycles. The highest BCUT2D eigenvalue weighted by Crippen LogP contribution is 2.22. The van der Waals surface area contributed by atoms with E-state index in [1.807, 2.05) is 20.8 Å². The standard InChI is InChI=1S/C13H24N2O4/c1-13(2,3)10(7-11(16)17)14-12(18)15-6-5-9(8-15)19-4/h9-10H,5-8H2,1-4H3,(H,14,18)(H,16,17). The summed E-state index contributed by atoms with van der Waals surface area (Å²) < 4.78 is 5.21. The maximum Gasteiger partial charge on any atom is 0.317 e. The number of carbonyl (C=O) groups excluding carboxylic acids is 1. The SMILES string of the molecule is COC1CCN(C(=O)NC(CC(=O)O)C(C)(C)C)C1. The highest BCUT2D eigenvalue weighted by Gasteiger charge is 2.32. The van der Waals surface area contributed by atoms with E-state index >= 15 is 0 Å². The van der Waals surface area contributed by atoms with E-state index in [4.69, 9.17) is 9.84 Å². The summed E-state index contributed by atoms with van der Waals surface area (Å²) in [5.74, 6) is -0.906. The number of nitrogens with zero attached hydrogens (tertiary/aromatic N) is 1. The second kappa shape index (κ2) is 6.23. The van der Waals surface area contributed by atoms with Gasteiger partial charge in [-0.3, -0.25) is 4.79 Å². The lowest BCUT2D eigenvalue weighted by molar-refractivity contribution is -0.138. The Labute approximate surface area is 114 Å². The molecule has 0 spiro atoms. The number of carboxylic acids is 1. The summed E-state index contributed by atoms with van der Waals surface area (Å²) in [6, 6.07) is -0.597. The molecule has 2 atom stereocenters. The fraction of sp³-hybridized carbons (Fsp3) is 0.846. The van der Waals surface area contributed by atoms with Crippen LogP contribution in [0.1, 0.15) is 33.6 Å². The van der Waals surface area contributed by atoms with Gasteiger partial charge in [0.25, 0.3) is 0 Å². The largest absolute Gasteiger partial charge is 0.481 e. The van der Waals surface area contributed by atoms with Gasteiger partial charge in [-0.2, -0.15) is 0 Å². The minimum Gasteiger partial charge on any atom is -0.481 e. The Hall–Kier alpha value is -1.30. The molecule has 2 N–H and O–H groups in total. The Bertz CT molecular complexity index is 338. The minimum absolute atomic E-state index is 0.0726. The Morgan fingerprint density at radius 1 is 1.47 bits per heavy atom. The monoisotopic (exact) mass is 272 g/mol. The van der Waals surface area contributed by atoms with Crippen LogP contribution in [0.25, 0.3) is 0 Å². The number of ether oxygens (including phenoxy) is 1. The zero-order valence-electron chi connectivity index (χ0n) is 12.1. The molecule has 1 aliphatic rings. The number of carboxylic acid groups (broad SMARTS) is 1. The number of hydrogen-bond acceptors (Lipinski definition) is 3. The Morgan fingerprint density at radius 3 is 2.53 bits per heavy atom. The summed E-state index contributed by atoms with van der Waals surface area (Å²) in [7, 11) is 1.63. The van der Waals surface area contributed by atoms with Crippen molar-refractivity contribution in [1.82, 2.24) is 10.2 Å². The Morgan fingerprint density at radius 2 is 2.11 bits per heavy atom. The van der Waals surface area contributed by atoms with Gasteiger partial charge < -0.3 is 20.1 Å². The fourth-order valence-corrected chi connectivity index (χ4v) is 2.09. The van der Waals surface area contributed by atoms with E-state index in [1.54, 1.807) is 12.0 Å². The van der Waals surface area contributed by atoms with E-state index in [2.05, 4.69) is 5.32 Å². The molecule has 0 bridgehead atoms. The molecule has 110 valence electrons. The van der Waals surface area contributed by atoms with Crippen molar-refractivity contribution in [2.24, 2.45) is 5.41 Å². The van der Waals surface area contributed by atoms with Crippen molar-refractivity contribution in [3.63, 3.8) is 0 Å². The van der Waals surface area contributed by atoms with Crippen LogP contribution in [0.2, 0.25) is 0 Å². The highest BCUT2D eigenvalue weighted by atomic mass is 16.5. The summed E-state index contributed by atoms with van der Waals surface area (Å²) in [4.78, 5) is 24.7. The van der Waals surface area contributed by atoms with Gasteiger partial charge in [0.05, 0.1) is 12.5 Å². The lowest BCUT2D eigenvalue weighted by atomic mass is 9.85. The van der Waals surface area contributed by atoms with Gasteiger partial charge in [0, 0.05) is 26.2 Å². The molecule has 1 heterocycles. The third-order valence-corrected chi connectivity index (χ3v) is 3.49. The van der Waals surface area contributed by atoms with Crippen molar-refractivity contribution < 1.29 is 19.4 Å². The number of likely N-dealkylation sites (tertiary alicyclic amines) is 1. The van der Waals surface area contributed by atoms with Gasteiger partial charge in [0.15, 0.2) is 0 Å². The summed E-state index contributed by atoms with van der Waals surface area (Å²) in [5.41, 5.74) is -0.297. The molecule has 1 aliphatic heterocycles. The van der Waals surface area contributed by atoms with Crippen molar-refractivity contribution in [3.05, 3.63) is 0 Å². The maximum atomic E-state index is 12.1. The van der Waals surface area contributed by atoms with Crippen LogP contribution in [0.4, 0.5) is 4.79 Å². The van der Waals surface area contributed by atoms with E-state index in [0.29, 0.717) is 13.1 Å². The number of urea groups is 1. The maximum absolute atomic E-state index is 12.1. The fourth-order valence-electron chi connectivity index (χ4n) is 2.09. The van der Waals surface area contributed by atoms with Crippen LogP contribution in [0.3, 0.4) is 0 Å². The first kappa shape index (κ1) is 15.8. The predicted molar refractivity (Wildman–Crippen MR) is 71.0 cm³/mol. The van der Waals surface area contributed by atoms with Crippen LogP contribution >= 0.6 is 0 Å².